The first-order valence-corrected chi connectivity index (χ1v) is 6.54. The van der Waals surface area contributed by atoms with Crippen LogP contribution in [0, 0.1) is 11.6 Å². The molecule has 2 atom stereocenters. The minimum atomic E-state index is -1.12. The first kappa shape index (κ1) is 13.7. The number of fused-ring (bicyclic) bond motifs is 1. The molecule has 3 nitrogen and oxygen atoms in total. The second kappa shape index (κ2) is 4.93. The Hall–Kier alpha value is -2.27. The van der Waals surface area contributed by atoms with Crippen LogP contribution in [0.5, 0.6) is 0 Å². The standard InChI is InChI=1S/C16H13F2NO2/c1-9(10-6-11(17)8-12(18)7-10)19-15(20)13-4-2-3-5-14(13)16(19)21/h2-9,15,20H,1H3. The molecule has 0 aliphatic carbocycles. The average molecular weight is 289 g/mol. The van der Waals surface area contributed by atoms with Gasteiger partial charge in [0.2, 0.25) is 0 Å². The van der Waals surface area contributed by atoms with Crippen LogP contribution in [-0.2, 0) is 0 Å². The van der Waals surface area contributed by atoms with Gasteiger partial charge in [-0.05, 0) is 30.7 Å². The number of rotatable bonds is 2. The summed E-state index contributed by atoms with van der Waals surface area (Å²) >= 11 is 0. The molecule has 1 aliphatic heterocycles. The highest BCUT2D eigenvalue weighted by Gasteiger charge is 2.38. The van der Waals surface area contributed by atoms with E-state index in [2.05, 4.69) is 0 Å². The molecule has 2 aromatic rings. The number of amides is 1. The van der Waals surface area contributed by atoms with Crippen LogP contribution in [0.3, 0.4) is 0 Å². The molecule has 2 unspecified atom stereocenters. The Morgan fingerprint density at radius 1 is 1.14 bits per heavy atom. The number of hydrogen-bond donors (Lipinski definition) is 1. The quantitative estimate of drug-likeness (QED) is 0.922. The molecule has 0 radical (unpaired) electrons. The zero-order valence-corrected chi connectivity index (χ0v) is 11.3. The zero-order valence-electron chi connectivity index (χ0n) is 11.3. The van der Waals surface area contributed by atoms with Crippen LogP contribution in [0.25, 0.3) is 0 Å². The van der Waals surface area contributed by atoms with E-state index in [1.54, 1.807) is 31.2 Å². The van der Waals surface area contributed by atoms with Gasteiger partial charge in [-0.15, -0.1) is 0 Å². The summed E-state index contributed by atoms with van der Waals surface area (Å²) in [5.41, 5.74) is 1.22. The Balaban J connectivity index is 2.00. The summed E-state index contributed by atoms with van der Waals surface area (Å²) in [5, 5.41) is 10.3. The molecule has 108 valence electrons. The van der Waals surface area contributed by atoms with E-state index >= 15 is 0 Å². The van der Waals surface area contributed by atoms with Crippen molar-refractivity contribution in [1.82, 2.24) is 4.90 Å². The lowest BCUT2D eigenvalue weighted by molar-refractivity contribution is -0.000439. The Morgan fingerprint density at radius 2 is 1.76 bits per heavy atom. The van der Waals surface area contributed by atoms with Gasteiger partial charge in [-0.25, -0.2) is 8.78 Å². The maximum atomic E-state index is 13.3. The molecule has 2 aromatic carbocycles. The van der Waals surface area contributed by atoms with Crippen molar-refractivity contribution in [2.75, 3.05) is 0 Å². The van der Waals surface area contributed by atoms with Gasteiger partial charge in [-0.2, -0.15) is 0 Å². The van der Waals surface area contributed by atoms with Gasteiger partial charge in [0.05, 0.1) is 6.04 Å². The molecule has 3 rings (SSSR count). The molecule has 0 saturated carbocycles. The molecule has 5 heteroatoms. The fraction of sp³-hybridized carbons (Fsp3) is 0.188. The van der Waals surface area contributed by atoms with E-state index in [1.807, 2.05) is 0 Å². The largest absolute Gasteiger partial charge is 0.369 e. The monoisotopic (exact) mass is 289 g/mol. The molecule has 1 amide bonds. The van der Waals surface area contributed by atoms with E-state index in [9.17, 15) is 18.7 Å². The molecule has 1 aliphatic rings. The molecule has 0 aromatic heterocycles. The fourth-order valence-electron chi connectivity index (χ4n) is 2.68. The molecule has 0 bridgehead atoms. The number of carbonyl (C=O) groups excluding carboxylic acids is 1. The first-order valence-electron chi connectivity index (χ1n) is 6.54. The van der Waals surface area contributed by atoms with Gasteiger partial charge in [0.25, 0.3) is 5.91 Å². The third-order valence-electron chi connectivity index (χ3n) is 3.75. The van der Waals surface area contributed by atoms with Gasteiger partial charge in [0, 0.05) is 17.2 Å². The van der Waals surface area contributed by atoms with Crippen LogP contribution in [-0.4, -0.2) is 15.9 Å². The number of hydrogen-bond acceptors (Lipinski definition) is 2. The summed E-state index contributed by atoms with van der Waals surface area (Å²) < 4.78 is 26.7. The van der Waals surface area contributed by atoms with E-state index in [1.165, 1.54) is 4.90 Å². The summed E-state index contributed by atoms with van der Waals surface area (Å²) in [6.45, 7) is 1.63. The molecule has 0 fully saturated rings. The smallest absolute Gasteiger partial charge is 0.257 e. The van der Waals surface area contributed by atoms with Gasteiger partial charge < -0.3 is 10.0 Å². The van der Waals surface area contributed by atoms with Crippen molar-refractivity contribution in [3.63, 3.8) is 0 Å². The van der Waals surface area contributed by atoms with E-state index < -0.39 is 23.9 Å². The van der Waals surface area contributed by atoms with E-state index in [0.717, 1.165) is 18.2 Å². The minimum absolute atomic E-state index is 0.299. The highest BCUT2D eigenvalue weighted by Crippen LogP contribution is 2.38. The van der Waals surface area contributed by atoms with Crippen molar-refractivity contribution in [3.8, 4) is 0 Å². The maximum absolute atomic E-state index is 13.3. The Kier molecular flexibility index (Phi) is 3.22. The van der Waals surface area contributed by atoms with Gasteiger partial charge in [0.15, 0.2) is 6.23 Å². The number of benzene rings is 2. The number of halogens is 2. The van der Waals surface area contributed by atoms with Gasteiger partial charge in [-0.3, -0.25) is 4.79 Å². The summed E-state index contributed by atoms with van der Waals surface area (Å²) in [6.07, 6.45) is -1.12. The molecule has 1 N–H and O–H groups in total. The van der Waals surface area contributed by atoms with Crippen LogP contribution >= 0.6 is 0 Å². The van der Waals surface area contributed by atoms with Crippen molar-refractivity contribution >= 4 is 5.91 Å². The Labute approximate surface area is 120 Å². The molecule has 1 heterocycles. The van der Waals surface area contributed by atoms with Gasteiger partial charge in [-0.1, -0.05) is 18.2 Å². The van der Waals surface area contributed by atoms with Crippen molar-refractivity contribution < 1.29 is 18.7 Å². The number of carbonyl (C=O) groups is 1. The second-order valence-corrected chi connectivity index (χ2v) is 5.05. The topological polar surface area (TPSA) is 40.5 Å². The second-order valence-electron chi connectivity index (χ2n) is 5.05. The van der Waals surface area contributed by atoms with Crippen molar-refractivity contribution in [3.05, 3.63) is 70.8 Å². The van der Waals surface area contributed by atoms with Crippen LogP contribution < -0.4 is 0 Å². The Bertz CT molecular complexity index is 697. The summed E-state index contributed by atoms with van der Waals surface area (Å²) in [7, 11) is 0. The summed E-state index contributed by atoms with van der Waals surface area (Å²) in [6, 6.07) is 9.17. The molecule has 21 heavy (non-hydrogen) atoms. The van der Waals surface area contributed by atoms with Crippen LogP contribution in [0.4, 0.5) is 8.78 Å². The zero-order chi connectivity index (χ0) is 15.1. The SMILES string of the molecule is CC(c1cc(F)cc(F)c1)N1C(=O)c2ccccc2C1O. The predicted octanol–water partition coefficient (Wildman–Crippen LogP) is 3.17. The van der Waals surface area contributed by atoms with E-state index in [4.69, 9.17) is 0 Å². The average Bonchev–Trinajstić information content (AvgIpc) is 2.70. The lowest BCUT2D eigenvalue weighted by Crippen LogP contribution is -2.31. The van der Waals surface area contributed by atoms with Crippen molar-refractivity contribution in [2.24, 2.45) is 0 Å². The lowest BCUT2D eigenvalue weighted by atomic mass is 10.1. The van der Waals surface area contributed by atoms with E-state index in [0.29, 0.717) is 16.7 Å². The normalized spacial score (nSPS) is 18.8. The highest BCUT2D eigenvalue weighted by molar-refractivity contribution is 5.99. The van der Waals surface area contributed by atoms with Gasteiger partial charge >= 0.3 is 0 Å². The molecular weight excluding hydrogens is 276 g/mol. The lowest BCUT2D eigenvalue weighted by Gasteiger charge is -2.28. The van der Waals surface area contributed by atoms with E-state index in [-0.39, 0.29) is 5.91 Å². The third-order valence-corrected chi connectivity index (χ3v) is 3.75. The highest BCUT2D eigenvalue weighted by atomic mass is 19.1. The maximum Gasteiger partial charge on any atom is 0.257 e. The van der Waals surface area contributed by atoms with Gasteiger partial charge in [0.1, 0.15) is 11.6 Å². The fourth-order valence-corrected chi connectivity index (χ4v) is 2.68. The number of aliphatic hydroxyl groups excluding tert-OH is 1. The van der Waals surface area contributed by atoms with Crippen LogP contribution in [0.2, 0.25) is 0 Å². The van der Waals surface area contributed by atoms with Crippen LogP contribution in [0.15, 0.2) is 42.5 Å². The van der Waals surface area contributed by atoms with Crippen molar-refractivity contribution in [2.45, 2.75) is 19.2 Å². The molecule has 0 spiro atoms. The summed E-state index contributed by atoms with van der Waals surface area (Å²) in [5.74, 6) is -1.78. The number of nitrogens with zero attached hydrogens (tertiary/aromatic N) is 1. The minimum Gasteiger partial charge on any atom is -0.369 e. The summed E-state index contributed by atoms with van der Waals surface area (Å²) in [4.78, 5) is 13.6. The third kappa shape index (κ3) is 2.19. The predicted molar refractivity (Wildman–Crippen MR) is 72.3 cm³/mol. The van der Waals surface area contributed by atoms with Crippen molar-refractivity contribution in [1.29, 1.82) is 0 Å². The van der Waals surface area contributed by atoms with Crippen LogP contribution in [0.1, 0.15) is 40.7 Å². The molecule has 0 saturated heterocycles. The molecular formula is C16H13F2NO2. The first-order chi connectivity index (χ1) is 9.99. The Morgan fingerprint density at radius 3 is 2.38 bits per heavy atom. The number of aliphatic hydroxyl groups is 1.